The molecule has 2 aromatic rings. The van der Waals surface area contributed by atoms with Crippen molar-refractivity contribution in [2.24, 2.45) is 17.4 Å². The monoisotopic (exact) mass is 270 g/mol. The predicted octanol–water partition coefficient (Wildman–Crippen LogP) is 2.07. The van der Waals surface area contributed by atoms with Gasteiger partial charge in [-0.05, 0) is 47.2 Å². The molecule has 20 heavy (non-hydrogen) atoms. The van der Waals surface area contributed by atoms with Gasteiger partial charge in [0.25, 0.3) is 0 Å². The van der Waals surface area contributed by atoms with Crippen molar-refractivity contribution in [3.05, 3.63) is 47.5 Å². The number of carbonyl (C=O) groups is 1. The third-order valence-electron chi connectivity index (χ3n) is 3.48. The minimum absolute atomic E-state index is 0.306. The van der Waals surface area contributed by atoms with Crippen LogP contribution in [0.5, 0.6) is 0 Å². The molecule has 0 heterocycles. The number of urea groups is 1. The largest absolute Gasteiger partial charge is 0.349 e. The van der Waals surface area contributed by atoms with Crippen LogP contribution in [-0.2, 0) is 0 Å². The van der Waals surface area contributed by atoms with Gasteiger partial charge in [-0.25, -0.2) is 16.5 Å². The molecule has 0 bridgehead atoms. The van der Waals surface area contributed by atoms with Crippen LogP contribution in [0.3, 0.4) is 0 Å². The molecule has 0 saturated carbocycles. The number of carbonyl (C=O) groups excluding carboxylic acids is 1. The van der Waals surface area contributed by atoms with Crippen molar-refractivity contribution in [3.8, 4) is 22.3 Å². The van der Waals surface area contributed by atoms with Crippen molar-refractivity contribution < 1.29 is 4.79 Å². The van der Waals surface area contributed by atoms with Gasteiger partial charge in [-0.3, -0.25) is 0 Å². The Bertz CT molecular complexity index is 665. The predicted molar refractivity (Wildman–Crippen MR) is 80.1 cm³/mol. The molecule has 0 saturated heterocycles. The highest BCUT2D eigenvalue weighted by Gasteiger charge is 2.23. The van der Waals surface area contributed by atoms with Gasteiger partial charge >= 0.3 is 6.03 Å². The molecule has 0 fully saturated rings. The fraction of sp³-hybridized carbons (Fsp3) is 0.133. The first-order chi connectivity index (χ1) is 9.43. The van der Waals surface area contributed by atoms with Crippen LogP contribution in [0.15, 0.2) is 36.4 Å². The number of hydrazine groups is 2. The highest BCUT2D eigenvalue weighted by atomic mass is 16.2. The van der Waals surface area contributed by atoms with E-state index in [2.05, 4.69) is 67.7 Å². The molecule has 1 aliphatic carbocycles. The normalized spacial score (nSPS) is 10.4. The standard InChI is InChI=1S/C14H12.CH6N4O/c1-9-7-8-13-11-5-3-4-6-12(11)14(13)10(9)2;2-1(6)5(3)4/h3-8H,1-2H3;3-4H2,(H2,2,6). The zero-order valence-corrected chi connectivity index (χ0v) is 11.6. The van der Waals surface area contributed by atoms with E-state index in [0.717, 1.165) is 0 Å². The van der Waals surface area contributed by atoms with Gasteiger partial charge in [-0.1, -0.05) is 36.4 Å². The van der Waals surface area contributed by atoms with E-state index in [-0.39, 0.29) is 0 Å². The van der Waals surface area contributed by atoms with Crippen molar-refractivity contribution >= 4 is 6.03 Å². The number of aryl methyl sites for hydroxylation is 1. The third kappa shape index (κ3) is 2.36. The minimum Gasteiger partial charge on any atom is -0.349 e. The number of nitrogens with two attached hydrogens (primary N) is 3. The number of primary amides is 1. The van der Waals surface area contributed by atoms with Gasteiger partial charge in [0.1, 0.15) is 0 Å². The van der Waals surface area contributed by atoms with Gasteiger partial charge in [0.2, 0.25) is 0 Å². The van der Waals surface area contributed by atoms with Crippen molar-refractivity contribution in [2.45, 2.75) is 13.8 Å². The first-order valence-corrected chi connectivity index (χ1v) is 6.22. The van der Waals surface area contributed by atoms with E-state index in [9.17, 15) is 4.79 Å². The summed E-state index contributed by atoms with van der Waals surface area (Å²) < 4.78 is 0. The summed E-state index contributed by atoms with van der Waals surface area (Å²) in [7, 11) is 0. The first-order valence-electron chi connectivity index (χ1n) is 6.22. The highest BCUT2D eigenvalue weighted by molar-refractivity contribution is 6.03. The van der Waals surface area contributed by atoms with Crippen molar-refractivity contribution in [1.29, 1.82) is 0 Å². The molecule has 0 atom stereocenters. The Morgan fingerprint density at radius 1 is 0.950 bits per heavy atom. The van der Waals surface area contributed by atoms with Crippen LogP contribution < -0.4 is 17.4 Å². The van der Waals surface area contributed by atoms with Crippen LogP contribution in [0.2, 0.25) is 0 Å². The second-order valence-corrected chi connectivity index (χ2v) is 4.72. The van der Waals surface area contributed by atoms with Gasteiger partial charge < -0.3 is 5.73 Å². The molecule has 5 nitrogen and oxygen atoms in total. The Morgan fingerprint density at radius 3 is 2.05 bits per heavy atom. The Hall–Kier alpha value is -2.37. The molecule has 6 N–H and O–H groups in total. The average molecular weight is 270 g/mol. The summed E-state index contributed by atoms with van der Waals surface area (Å²) in [5.41, 5.74) is 13.0. The molecule has 5 heteroatoms. The lowest BCUT2D eigenvalue weighted by Crippen LogP contribution is -2.46. The molecule has 0 radical (unpaired) electrons. The fourth-order valence-electron chi connectivity index (χ4n) is 2.26. The number of fused-ring (bicyclic) bond motifs is 4. The maximum absolute atomic E-state index is 9.60. The smallest absolute Gasteiger partial charge is 0.343 e. The second-order valence-electron chi connectivity index (χ2n) is 4.72. The lowest BCUT2D eigenvalue weighted by molar-refractivity contribution is 0.210. The molecule has 0 spiro atoms. The first kappa shape index (κ1) is 14.0. The van der Waals surface area contributed by atoms with E-state index >= 15 is 0 Å². The number of rotatable bonds is 0. The third-order valence-corrected chi connectivity index (χ3v) is 3.48. The van der Waals surface area contributed by atoms with E-state index in [4.69, 9.17) is 0 Å². The quantitative estimate of drug-likeness (QED) is 0.331. The van der Waals surface area contributed by atoms with Gasteiger partial charge in [0.15, 0.2) is 0 Å². The minimum atomic E-state index is -0.852. The number of nitrogens with zero attached hydrogens (tertiary/aromatic N) is 1. The molecule has 2 aromatic carbocycles. The highest BCUT2D eigenvalue weighted by Crippen LogP contribution is 2.48. The Kier molecular flexibility index (Phi) is 3.74. The molecule has 2 amide bonds. The lowest BCUT2D eigenvalue weighted by atomic mass is 9.77. The summed E-state index contributed by atoms with van der Waals surface area (Å²) >= 11 is 0. The summed E-state index contributed by atoms with van der Waals surface area (Å²) in [6, 6.07) is 12.2. The molecule has 3 rings (SSSR count). The maximum Gasteiger partial charge on any atom is 0.343 e. The van der Waals surface area contributed by atoms with Crippen LogP contribution in [0.4, 0.5) is 4.79 Å². The zero-order chi connectivity index (χ0) is 14.9. The molecule has 0 aromatic heterocycles. The van der Waals surface area contributed by atoms with E-state index in [1.165, 1.54) is 33.4 Å². The van der Waals surface area contributed by atoms with Crippen LogP contribution >= 0.6 is 0 Å². The van der Waals surface area contributed by atoms with Crippen LogP contribution in [0.1, 0.15) is 11.1 Å². The fourth-order valence-corrected chi connectivity index (χ4v) is 2.26. The SMILES string of the molecule is Cc1ccc2c(c1C)-c1ccccc1-2.NC(=O)N(N)N. The summed E-state index contributed by atoms with van der Waals surface area (Å²) in [5.74, 6) is 9.14. The van der Waals surface area contributed by atoms with E-state index in [0.29, 0.717) is 5.12 Å². The molecule has 0 unspecified atom stereocenters. The van der Waals surface area contributed by atoms with Gasteiger partial charge in [0.05, 0.1) is 0 Å². The van der Waals surface area contributed by atoms with Crippen molar-refractivity contribution in [1.82, 2.24) is 5.12 Å². The Balaban J connectivity index is 0.000000212. The molecular formula is C15H18N4O. The number of benzene rings is 2. The Labute approximate surface area is 117 Å². The molecular weight excluding hydrogens is 252 g/mol. The summed E-state index contributed by atoms with van der Waals surface area (Å²) in [5, 5.41) is 0.306. The number of hydrogen-bond donors (Lipinski definition) is 3. The maximum atomic E-state index is 9.60. The van der Waals surface area contributed by atoms with Crippen LogP contribution in [0.25, 0.3) is 22.3 Å². The average Bonchev–Trinajstić information content (AvgIpc) is 2.39. The Morgan fingerprint density at radius 2 is 1.50 bits per heavy atom. The lowest BCUT2D eigenvalue weighted by Gasteiger charge is -2.26. The van der Waals surface area contributed by atoms with Crippen LogP contribution in [0, 0.1) is 13.8 Å². The van der Waals surface area contributed by atoms with Crippen molar-refractivity contribution in [3.63, 3.8) is 0 Å². The molecule has 1 aliphatic rings. The van der Waals surface area contributed by atoms with Gasteiger partial charge in [-0.2, -0.15) is 5.12 Å². The van der Waals surface area contributed by atoms with E-state index in [1.807, 2.05) is 0 Å². The van der Waals surface area contributed by atoms with E-state index in [1.54, 1.807) is 0 Å². The van der Waals surface area contributed by atoms with Gasteiger partial charge in [-0.15, -0.1) is 0 Å². The van der Waals surface area contributed by atoms with Gasteiger partial charge in [0, 0.05) is 0 Å². The summed E-state index contributed by atoms with van der Waals surface area (Å²) in [6.07, 6.45) is 0. The topological polar surface area (TPSA) is 98.4 Å². The number of amides is 2. The second kappa shape index (κ2) is 5.32. The van der Waals surface area contributed by atoms with Crippen LogP contribution in [-0.4, -0.2) is 11.1 Å². The summed E-state index contributed by atoms with van der Waals surface area (Å²) in [4.78, 5) is 9.60. The number of hydrogen-bond acceptors (Lipinski definition) is 3. The van der Waals surface area contributed by atoms with Crippen molar-refractivity contribution in [2.75, 3.05) is 0 Å². The van der Waals surface area contributed by atoms with E-state index < -0.39 is 6.03 Å². The summed E-state index contributed by atoms with van der Waals surface area (Å²) in [6.45, 7) is 4.39. The molecule has 104 valence electrons. The molecule has 0 aliphatic heterocycles. The zero-order valence-electron chi connectivity index (χ0n) is 11.6.